The van der Waals surface area contributed by atoms with E-state index in [0.717, 1.165) is 11.1 Å². The maximum absolute atomic E-state index is 12.9. The molecule has 142 valence electrons. The Morgan fingerprint density at radius 2 is 1.93 bits per heavy atom. The van der Waals surface area contributed by atoms with Crippen LogP contribution in [0.3, 0.4) is 0 Å². The first kappa shape index (κ1) is 19.1. The summed E-state index contributed by atoms with van der Waals surface area (Å²) in [5.74, 6) is 0.664. The van der Waals surface area contributed by atoms with Crippen molar-refractivity contribution in [1.29, 1.82) is 0 Å². The van der Waals surface area contributed by atoms with E-state index in [9.17, 15) is 13.2 Å². The Balaban J connectivity index is 1.74. The van der Waals surface area contributed by atoms with Crippen molar-refractivity contribution >= 4 is 21.6 Å². The zero-order valence-corrected chi connectivity index (χ0v) is 16.0. The smallest absolute Gasteiger partial charge is 0.243 e. The molecule has 0 spiro atoms. The lowest BCUT2D eigenvalue weighted by molar-refractivity contribution is -0.116. The Morgan fingerprint density at radius 3 is 2.63 bits per heavy atom. The summed E-state index contributed by atoms with van der Waals surface area (Å²) in [7, 11) is -2.08. The van der Waals surface area contributed by atoms with Gasteiger partial charge >= 0.3 is 0 Å². The quantitative estimate of drug-likeness (QED) is 0.743. The number of fused-ring (bicyclic) bond motifs is 1. The third-order valence-electron chi connectivity index (χ3n) is 4.38. The second-order valence-electron chi connectivity index (χ2n) is 6.37. The zero-order valence-electron chi connectivity index (χ0n) is 15.1. The number of aryl methyl sites for hydroxylation is 1. The Bertz CT molecular complexity index is 952. The van der Waals surface area contributed by atoms with Crippen LogP contribution in [0, 0.1) is 0 Å². The van der Waals surface area contributed by atoms with Gasteiger partial charge in [0, 0.05) is 25.7 Å². The van der Waals surface area contributed by atoms with Crippen LogP contribution in [-0.4, -0.2) is 32.3 Å². The molecule has 0 saturated carbocycles. The standard InChI is InChI=1S/C20H22N2O4S/c1-3-12-26-17-7-4-15(5-8-17)14-22(2)27(24,25)18-9-10-19-16(13-18)6-11-20(23)21-19/h3-5,7-10,13H,1,6,11-12,14H2,2H3,(H,21,23). The lowest BCUT2D eigenvalue weighted by Crippen LogP contribution is -2.27. The molecule has 0 aliphatic carbocycles. The molecule has 0 unspecified atom stereocenters. The zero-order chi connectivity index (χ0) is 19.4. The van der Waals surface area contributed by atoms with Crippen molar-refractivity contribution < 1.29 is 17.9 Å². The Hall–Kier alpha value is -2.64. The monoisotopic (exact) mass is 386 g/mol. The topological polar surface area (TPSA) is 75.7 Å². The summed E-state index contributed by atoms with van der Waals surface area (Å²) in [6.45, 7) is 4.27. The van der Waals surface area contributed by atoms with E-state index in [4.69, 9.17) is 4.74 Å². The van der Waals surface area contributed by atoms with Gasteiger partial charge in [-0.3, -0.25) is 4.79 Å². The normalized spacial score (nSPS) is 13.8. The number of anilines is 1. The van der Waals surface area contributed by atoms with Crippen LogP contribution in [0.2, 0.25) is 0 Å². The van der Waals surface area contributed by atoms with Gasteiger partial charge in [0.25, 0.3) is 0 Å². The van der Waals surface area contributed by atoms with E-state index in [1.165, 1.54) is 10.4 Å². The van der Waals surface area contributed by atoms with Crippen molar-refractivity contribution in [2.45, 2.75) is 24.3 Å². The molecule has 0 aromatic heterocycles. The van der Waals surface area contributed by atoms with Crippen molar-refractivity contribution in [3.05, 3.63) is 66.2 Å². The van der Waals surface area contributed by atoms with Gasteiger partial charge in [0.15, 0.2) is 0 Å². The molecule has 1 amide bonds. The molecule has 6 nitrogen and oxygen atoms in total. The van der Waals surface area contributed by atoms with Gasteiger partial charge in [0.2, 0.25) is 15.9 Å². The van der Waals surface area contributed by atoms with E-state index in [2.05, 4.69) is 11.9 Å². The van der Waals surface area contributed by atoms with Crippen molar-refractivity contribution in [3.8, 4) is 5.75 Å². The van der Waals surface area contributed by atoms with E-state index in [0.29, 0.717) is 30.9 Å². The third kappa shape index (κ3) is 4.37. The van der Waals surface area contributed by atoms with Crippen molar-refractivity contribution in [3.63, 3.8) is 0 Å². The van der Waals surface area contributed by atoms with Crippen LogP contribution >= 0.6 is 0 Å². The fraction of sp³-hybridized carbons (Fsp3) is 0.250. The lowest BCUT2D eigenvalue weighted by Gasteiger charge is -2.21. The molecule has 7 heteroatoms. The van der Waals surface area contributed by atoms with Gasteiger partial charge in [-0.15, -0.1) is 0 Å². The number of sulfonamides is 1. The SMILES string of the molecule is C=CCOc1ccc(CN(C)S(=O)(=O)c2ccc3c(c2)CCC(=O)N3)cc1. The summed E-state index contributed by atoms with van der Waals surface area (Å²) in [5.41, 5.74) is 2.38. The van der Waals surface area contributed by atoms with E-state index in [1.54, 1.807) is 37.4 Å². The molecular formula is C20H22N2O4S. The number of carbonyl (C=O) groups is 1. The molecule has 0 radical (unpaired) electrons. The van der Waals surface area contributed by atoms with E-state index in [1.807, 2.05) is 12.1 Å². The number of amides is 1. The minimum absolute atomic E-state index is 0.0456. The Kier molecular flexibility index (Phi) is 5.62. The van der Waals surface area contributed by atoms with Crippen LogP contribution in [-0.2, 0) is 27.8 Å². The number of carbonyl (C=O) groups excluding carboxylic acids is 1. The van der Waals surface area contributed by atoms with Gasteiger partial charge in [0.05, 0.1) is 4.90 Å². The van der Waals surface area contributed by atoms with Crippen LogP contribution in [0.4, 0.5) is 5.69 Å². The fourth-order valence-corrected chi connectivity index (χ4v) is 4.10. The molecule has 3 rings (SSSR count). The van der Waals surface area contributed by atoms with Crippen molar-refractivity contribution in [2.24, 2.45) is 0 Å². The fourth-order valence-electron chi connectivity index (χ4n) is 2.89. The molecule has 0 bridgehead atoms. The molecule has 0 atom stereocenters. The number of nitrogens with one attached hydrogen (secondary N) is 1. The molecule has 2 aromatic carbocycles. The second kappa shape index (κ2) is 7.94. The highest BCUT2D eigenvalue weighted by Crippen LogP contribution is 2.27. The predicted octanol–water partition coefficient (Wildman–Crippen LogP) is 2.96. The van der Waals surface area contributed by atoms with Crippen LogP contribution in [0.25, 0.3) is 0 Å². The van der Waals surface area contributed by atoms with Gasteiger partial charge in [0.1, 0.15) is 12.4 Å². The average molecular weight is 386 g/mol. The predicted molar refractivity (Wildman–Crippen MR) is 104 cm³/mol. The number of nitrogens with zero attached hydrogens (tertiary/aromatic N) is 1. The highest BCUT2D eigenvalue weighted by molar-refractivity contribution is 7.89. The van der Waals surface area contributed by atoms with Gasteiger partial charge in [-0.2, -0.15) is 4.31 Å². The van der Waals surface area contributed by atoms with Gasteiger partial charge in [-0.25, -0.2) is 8.42 Å². The number of ether oxygens (including phenoxy) is 1. The summed E-state index contributed by atoms with van der Waals surface area (Å²) >= 11 is 0. The van der Waals surface area contributed by atoms with Crippen molar-refractivity contribution in [2.75, 3.05) is 19.0 Å². The number of hydrogen-bond acceptors (Lipinski definition) is 4. The molecule has 0 fully saturated rings. The van der Waals surface area contributed by atoms with Gasteiger partial charge < -0.3 is 10.1 Å². The first-order chi connectivity index (χ1) is 12.9. The maximum Gasteiger partial charge on any atom is 0.243 e. The van der Waals surface area contributed by atoms with Crippen LogP contribution in [0.15, 0.2) is 60.0 Å². The number of rotatable bonds is 7. The summed E-state index contributed by atoms with van der Waals surface area (Å²) in [6, 6.07) is 12.1. The lowest BCUT2D eigenvalue weighted by atomic mass is 10.0. The van der Waals surface area contributed by atoms with Gasteiger partial charge in [-0.05, 0) is 47.9 Å². The van der Waals surface area contributed by atoms with E-state index < -0.39 is 10.0 Å². The van der Waals surface area contributed by atoms with Crippen LogP contribution in [0.1, 0.15) is 17.5 Å². The molecule has 2 aromatic rings. The molecule has 1 aliphatic rings. The maximum atomic E-state index is 12.9. The molecule has 27 heavy (non-hydrogen) atoms. The molecule has 1 N–H and O–H groups in total. The average Bonchev–Trinajstić information content (AvgIpc) is 2.66. The number of hydrogen-bond donors (Lipinski definition) is 1. The largest absolute Gasteiger partial charge is 0.490 e. The first-order valence-electron chi connectivity index (χ1n) is 8.62. The molecule has 1 heterocycles. The highest BCUT2D eigenvalue weighted by Gasteiger charge is 2.23. The van der Waals surface area contributed by atoms with Crippen molar-refractivity contribution in [1.82, 2.24) is 4.31 Å². The van der Waals surface area contributed by atoms with E-state index in [-0.39, 0.29) is 17.3 Å². The molecular weight excluding hydrogens is 364 g/mol. The summed E-state index contributed by atoms with van der Waals surface area (Å²) < 4.78 is 32.5. The minimum atomic E-state index is -3.63. The third-order valence-corrected chi connectivity index (χ3v) is 6.18. The van der Waals surface area contributed by atoms with Crippen LogP contribution in [0.5, 0.6) is 5.75 Å². The second-order valence-corrected chi connectivity index (χ2v) is 8.42. The van der Waals surface area contributed by atoms with Crippen LogP contribution < -0.4 is 10.1 Å². The Labute approximate surface area is 159 Å². The first-order valence-corrected chi connectivity index (χ1v) is 10.1. The summed E-state index contributed by atoms with van der Waals surface area (Å²) in [4.78, 5) is 11.7. The summed E-state index contributed by atoms with van der Waals surface area (Å²) in [5, 5.41) is 2.76. The van der Waals surface area contributed by atoms with Gasteiger partial charge in [-0.1, -0.05) is 24.8 Å². The minimum Gasteiger partial charge on any atom is -0.490 e. The van der Waals surface area contributed by atoms with E-state index >= 15 is 0 Å². The highest BCUT2D eigenvalue weighted by atomic mass is 32.2. The Morgan fingerprint density at radius 1 is 1.19 bits per heavy atom. The number of benzene rings is 2. The molecule has 0 saturated heterocycles. The molecule has 1 aliphatic heterocycles. The summed E-state index contributed by atoms with van der Waals surface area (Å²) in [6.07, 6.45) is 2.57.